The Labute approximate surface area is 103 Å². The van der Waals surface area contributed by atoms with Gasteiger partial charge >= 0.3 is 0 Å². The van der Waals surface area contributed by atoms with Gasteiger partial charge in [-0.1, -0.05) is 23.4 Å². The van der Waals surface area contributed by atoms with Gasteiger partial charge in [-0.15, -0.1) is 12.6 Å². The van der Waals surface area contributed by atoms with Gasteiger partial charge in [0.15, 0.2) is 11.4 Å². The number of halogens is 1. The minimum atomic E-state index is 0.509. The van der Waals surface area contributed by atoms with Crippen molar-refractivity contribution in [3.63, 3.8) is 0 Å². The second kappa shape index (κ2) is 5.91. The molecule has 0 aromatic heterocycles. The summed E-state index contributed by atoms with van der Waals surface area (Å²) in [6.07, 6.45) is 3.64. The molecule has 0 aliphatic rings. The summed E-state index contributed by atoms with van der Waals surface area (Å²) in [5.41, 5.74) is 0.637. The zero-order chi connectivity index (χ0) is 11.3. The zero-order valence-electron chi connectivity index (χ0n) is 7.86. The first kappa shape index (κ1) is 12.2. The molecule has 1 aromatic rings. The van der Waals surface area contributed by atoms with E-state index in [0.29, 0.717) is 20.8 Å². The third kappa shape index (κ3) is 3.67. The standard InChI is InChI=1S/C9H8ClN3S2/c1-15-9(12-5-11)13-7-4-6(10)2-3-8(7)14/h2-4,14H,1H3,(H,12,13). The Bertz CT molecular complexity index is 426. The Kier molecular flexibility index (Phi) is 4.82. The quantitative estimate of drug-likeness (QED) is 0.267. The molecular formula is C9H8ClN3S2. The highest BCUT2D eigenvalue weighted by Gasteiger charge is 2.01. The number of hydrogen-bond donors (Lipinski definition) is 2. The van der Waals surface area contributed by atoms with Crippen molar-refractivity contribution < 1.29 is 0 Å². The highest BCUT2D eigenvalue weighted by Crippen LogP contribution is 2.27. The van der Waals surface area contributed by atoms with Crippen molar-refractivity contribution in [2.75, 3.05) is 6.26 Å². The summed E-state index contributed by atoms with van der Waals surface area (Å²) in [6, 6.07) is 5.19. The molecule has 1 aromatic carbocycles. The van der Waals surface area contributed by atoms with Crippen LogP contribution in [0, 0.1) is 11.5 Å². The lowest BCUT2D eigenvalue weighted by molar-refractivity contribution is 1.27. The van der Waals surface area contributed by atoms with Gasteiger partial charge in [0, 0.05) is 9.92 Å². The number of nitrogens with zero attached hydrogens (tertiary/aromatic N) is 2. The van der Waals surface area contributed by atoms with Crippen LogP contribution in [-0.2, 0) is 0 Å². The topological polar surface area (TPSA) is 48.2 Å². The van der Waals surface area contributed by atoms with Crippen molar-refractivity contribution >= 4 is 46.8 Å². The number of rotatable bonds is 1. The molecular weight excluding hydrogens is 250 g/mol. The predicted octanol–water partition coefficient (Wildman–Crippen LogP) is 3.05. The molecule has 0 aliphatic carbocycles. The van der Waals surface area contributed by atoms with E-state index in [1.165, 1.54) is 11.8 Å². The summed E-state index contributed by atoms with van der Waals surface area (Å²) in [4.78, 5) is 4.93. The molecule has 0 saturated carbocycles. The summed E-state index contributed by atoms with van der Waals surface area (Å²) < 4.78 is 0. The highest BCUT2D eigenvalue weighted by molar-refractivity contribution is 8.13. The van der Waals surface area contributed by atoms with Crippen LogP contribution in [0.1, 0.15) is 0 Å². The number of thiol groups is 1. The molecule has 0 saturated heterocycles. The number of thioether (sulfide) groups is 1. The fraction of sp³-hybridized carbons (Fsp3) is 0.111. The average Bonchev–Trinajstić information content (AvgIpc) is 2.22. The fourth-order valence-electron chi connectivity index (χ4n) is 0.868. The van der Waals surface area contributed by atoms with Gasteiger partial charge in [-0.3, -0.25) is 5.32 Å². The smallest absolute Gasteiger partial charge is 0.183 e. The number of amidine groups is 1. The number of nitriles is 1. The van der Waals surface area contributed by atoms with Crippen molar-refractivity contribution in [1.82, 2.24) is 5.32 Å². The van der Waals surface area contributed by atoms with Crippen LogP contribution in [0.2, 0.25) is 5.02 Å². The van der Waals surface area contributed by atoms with Gasteiger partial charge in [-0.25, -0.2) is 4.99 Å². The second-order valence-corrected chi connectivity index (χ2v) is 4.20. The van der Waals surface area contributed by atoms with Crippen molar-refractivity contribution in [3.05, 3.63) is 23.2 Å². The molecule has 0 spiro atoms. The van der Waals surface area contributed by atoms with Gasteiger partial charge in [0.1, 0.15) is 0 Å². The molecule has 3 nitrogen and oxygen atoms in total. The van der Waals surface area contributed by atoms with Crippen molar-refractivity contribution in [2.45, 2.75) is 4.90 Å². The lowest BCUT2D eigenvalue weighted by Crippen LogP contribution is -2.12. The number of hydrogen-bond acceptors (Lipinski definition) is 4. The van der Waals surface area contributed by atoms with Crippen molar-refractivity contribution in [2.24, 2.45) is 4.99 Å². The van der Waals surface area contributed by atoms with Crippen LogP contribution < -0.4 is 5.32 Å². The van der Waals surface area contributed by atoms with E-state index in [4.69, 9.17) is 16.9 Å². The molecule has 1 N–H and O–H groups in total. The van der Waals surface area contributed by atoms with Crippen LogP contribution >= 0.6 is 36.0 Å². The highest BCUT2D eigenvalue weighted by atomic mass is 35.5. The van der Waals surface area contributed by atoms with Crippen molar-refractivity contribution in [3.8, 4) is 6.19 Å². The Balaban J connectivity index is 3.05. The Morgan fingerprint density at radius 1 is 1.67 bits per heavy atom. The Morgan fingerprint density at radius 2 is 2.40 bits per heavy atom. The molecule has 6 heteroatoms. The Hall–Kier alpha value is -0.830. The van der Waals surface area contributed by atoms with Gasteiger partial charge in [-0.2, -0.15) is 5.26 Å². The fourth-order valence-corrected chi connectivity index (χ4v) is 1.56. The van der Waals surface area contributed by atoms with Gasteiger partial charge in [-0.05, 0) is 24.5 Å². The number of benzene rings is 1. The summed E-state index contributed by atoms with van der Waals surface area (Å²) >= 11 is 11.4. The molecule has 0 radical (unpaired) electrons. The molecule has 0 atom stereocenters. The monoisotopic (exact) mass is 257 g/mol. The SMILES string of the molecule is CSC(=Nc1cc(Cl)ccc1S)NC#N. The zero-order valence-corrected chi connectivity index (χ0v) is 10.3. The van der Waals surface area contributed by atoms with E-state index in [9.17, 15) is 0 Å². The first-order chi connectivity index (χ1) is 7.17. The maximum Gasteiger partial charge on any atom is 0.183 e. The van der Waals surface area contributed by atoms with E-state index < -0.39 is 0 Å². The van der Waals surface area contributed by atoms with Gasteiger partial charge < -0.3 is 0 Å². The first-order valence-corrected chi connectivity index (χ1v) is 5.98. The molecule has 78 valence electrons. The van der Waals surface area contributed by atoms with E-state index >= 15 is 0 Å². The largest absolute Gasteiger partial charge is 0.271 e. The van der Waals surface area contributed by atoms with Crippen LogP contribution in [0.25, 0.3) is 0 Å². The third-order valence-electron chi connectivity index (χ3n) is 1.52. The summed E-state index contributed by atoms with van der Waals surface area (Å²) in [5, 5.41) is 12.0. The molecule has 1 rings (SSSR count). The molecule has 0 amide bonds. The van der Waals surface area contributed by atoms with Crippen LogP contribution in [0.15, 0.2) is 28.1 Å². The predicted molar refractivity (Wildman–Crippen MR) is 68.1 cm³/mol. The van der Waals surface area contributed by atoms with Crippen LogP contribution in [0.3, 0.4) is 0 Å². The number of aliphatic imine (C=N–C) groups is 1. The summed E-state index contributed by atoms with van der Waals surface area (Å²) in [7, 11) is 0. The maximum absolute atomic E-state index is 8.47. The van der Waals surface area contributed by atoms with E-state index in [2.05, 4.69) is 22.9 Å². The van der Waals surface area contributed by atoms with Crippen LogP contribution in [0.5, 0.6) is 0 Å². The molecule has 0 unspecified atom stereocenters. The lowest BCUT2D eigenvalue weighted by Gasteiger charge is -2.02. The average molecular weight is 258 g/mol. The molecule has 0 fully saturated rings. The third-order valence-corrected chi connectivity index (χ3v) is 2.71. The first-order valence-electron chi connectivity index (χ1n) is 3.93. The van der Waals surface area contributed by atoms with E-state index in [1.54, 1.807) is 18.2 Å². The van der Waals surface area contributed by atoms with Crippen molar-refractivity contribution in [1.29, 1.82) is 5.26 Å². The molecule has 0 aliphatic heterocycles. The normalized spacial score (nSPS) is 10.9. The minimum Gasteiger partial charge on any atom is -0.271 e. The maximum atomic E-state index is 8.47. The number of nitrogens with one attached hydrogen (secondary N) is 1. The van der Waals surface area contributed by atoms with E-state index in [1.807, 2.05) is 12.4 Å². The molecule has 0 bridgehead atoms. The van der Waals surface area contributed by atoms with Gasteiger partial charge in [0.25, 0.3) is 0 Å². The summed E-state index contributed by atoms with van der Waals surface area (Å²) in [6.45, 7) is 0. The Morgan fingerprint density at radius 3 is 3.00 bits per heavy atom. The lowest BCUT2D eigenvalue weighted by atomic mass is 10.3. The van der Waals surface area contributed by atoms with E-state index in [0.717, 1.165) is 0 Å². The second-order valence-electron chi connectivity index (χ2n) is 2.49. The van der Waals surface area contributed by atoms with Gasteiger partial charge in [0.2, 0.25) is 0 Å². The minimum absolute atomic E-state index is 0.509. The summed E-state index contributed by atoms with van der Waals surface area (Å²) in [5.74, 6) is 0. The van der Waals surface area contributed by atoms with Gasteiger partial charge in [0.05, 0.1) is 5.69 Å². The van der Waals surface area contributed by atoms with Crippen LogP contribution in [-0.4, -0.2) is 11.4 Å². The molecule has 0 heterocycles. The van der Waals surface area contributed by atoms with E-state index in [-0.39, 0.29) is 0 Å². The van der Waals surface area contributed by atoms with Crippen LogP contribution in [0.4, 0.5) is 5.69 Å². The molecule has 15 heavy (non-hydrogen) atoms.